The molecule has 2 aromatic heterocycles. The molecular weight excluding hydrogens is 354 g/mol. The van der Waals surface area contributed by atoms with E-state index in [0.29, 0.717) is 23.3 Å². The van der Waals surface area contributed by atoms with Crippen molar-refractivity contribution in [1.82, 2.24) is 14.5 Å². The number of fused-ring (bicyclic) bond motifs is 1. The van der Waals surface area contributed by atoms with Crippen LogP contribution in [-0.2, 0) is 17.8 Å². The number of carbonyl (C=O) groups is 1. The molecule has 0 saturated carbocycles. The summed E-state index contributed by atoms with van der Waals surface area (Å²) < 4.78 is 1.17. The number of hydrogen-bond donors (Lipinski definition) is 1. The first-order valence-electron chi connectivity index (χ1n) is 8.83. The monoisotopic (exact) mass is 371 g/mol. The van der Waals surface area contributed by atoms with E-state index in [1.165, 1.54) is 4.57 Å². The van der Waals surface area contributed by atoms with E-state index in [2.05, 4.69) is 9.97 Å². The summed E-state index contributed by atoms with van der Waals surface area (Å²) in [6, 6.07) is 22.5. The number of hydrogen-bond acceptors (Lipinski definition) is 4. The molecule has 1 N–H and O–H groups in total. The molecule has 2 heterocycles. The molecule has 4 rings (SSSR count). The Labute approximate surface area is 160 Å². The van der Waals surface area contributed by atoms with E-state index < -0.39 is 18.1 Å². The van der Waals surface area contributed by atoms with Crippen molar-refractivity contribution in [3.8, 4) is 11.4 Å². The molecule has 0 aliphatic rings. The minimum absolute atomic E-state index is 0.175. The number of carboxylic acid groups (broad SMARTS) is 1. The zero-order valence-corrected chi connectivity index (χ0v) is 14.9. The van der Waals surface area contributed by atoms with Gasteiger partial charge < -0.3 is 5.11 Å². The number of rotatable bonds is 5. The molecule has 0 atom stereocenters. The van der Waals surface area contributed by atoms with Crippen molar-refractivity contribution in [2.45, 2.75) is 13.0 Å². The molecule has 4 aromatic rings. The first-order valence-corrected chi connectivity index (χ1v) is 8.83. The predicted molar refractivity (Wildman–Crippen MR) is 106 cm³/mol. The molecule has 0 aliphatic heterocycles. The fraction of sp³-hybridized carbons (Fsp3) is 0.0909. The molecule has 0 saturated heterocycles. The maximum absolute atomic E-state index is 13.1. The van der Waals surface area contributed by atoms with Crippen LogP contribution in [0.25, 0.3) is 22.4 Å². The van der Waals surface area contributed by atoms with Crippen molar-refractivity contribution in [1.29, 1.82) is 0 Å². The highest BCUT2D eigenvalue weighted by molar-refractivity contribution is 5.77. The highest BCUT2D eigenvalue weighted by Crippen LogP contribution is 2.19. The number of nitrogens with zero attached hydrogens (tertiary/aromatic N) is 3. The zero-order valence-electron chi connectivity index (χ0n) is 14.9. The van der Waals surface area contributed by atoms with Crippen LogP contribution in [0.1, 0.15) is 11.3 Å². The number of aromatic nitrogens is 3. The van der Waals surface area contributed by atoms with Gasteiger partial charge in [-0.05, 0) is 17.7 Å². The molecule has 0 bridgehead atoms. The van der Waals surface area contributed by atoms with Crippen molar-refractivity contribution in [3.05, 3.63) is 94.4 Å². The summed E-state index contributed by atoms with van der Waals surface area (Å²) in [6.45, 7) is -0.476. The maximum Gasteiger partial charge on any atom is 0.323 e. The highest BCUT2D eigenvalue weighted by Gasteiger charge is 2.16. The van der Waals surface area contributed by atoms with Crippen molar-refractivity contribution in [2.75, 3.05) is 0 Å². The van der Waals surface area contributed by atoms with E-state index in [1.807, 2.05) is 54.6 Å². The van der Waals surface area contributed by atoms with Gasteiger partial charge in [-0.15, -0.1) is 0 Å². The summed E-state index contributed by atoms with van der Waals surface area (Å²) in [5.41, 5.74) is 2.65. The third-order valence-corrected chi connectivity index (χ3v) is 4.41. The smallest absolute Gasteiger partial charge is 0.323 e. The first-order chi connectivity index (χ1) is 13.6. The van der Waals surface area contributed by atoms with E-state index in [0.717, 1.165) is 11.3 Å². The molecule has 2 aromatic carbocycles. The Bertz CT molecular complexity index is 1200. The van der Waals surface area contributed by atoms with Crippen LogP contribution in [0.2, 0.25) is 0 Å². The Kier molecular flexibility index (Phi) is 4.68. The van der Waals surface area contributed by atoms with Crippen LogP contribution in [0, 0.1) is 0 Å². The second kappa shape index (κ2) is 7.44. The van der Waals surface area contributed by atoms with Crippen molar-refractivity contribution >= 4 is 17.0 Å². The summed E-state index contributed by atoms with van der Waals surface area (Å²) in [5.74, 6) is -0.793. The van der Waals surface area contributed by atoms with Gasteiger partial charge in [-0.1, -0.05) is 60.7 Å². The molecular formula is C22H17N3O3. The van der Waals surface area contributed by atoms with E-state index in [1.54, 1.807) is 18.2 Å². The van der Waals surface area contributed by atoms with Gasteiger partial charge in [0.1, 0.15) is 12.4 Å². The summed E-state index contributed by atoms with van der Waals surface area (Å²) in [6.07, 6.45) is 0.579. The van der Waals surface area contributed by atoms with Crippen LogP contribution in [0.15, 0.2) is 77.6 Å². The molecule has 0 aliphatic carbocycles. The minimum atomic E-state index is -1.11. The zero-order chi connectivity index (χ0) is 19.5. The molecule has 28 heavy (non-hydrogen) atoms. The largest absolute Gasteiger partial charge is 0.480 e. The fourth-order valence-corrected chi connectivity index (χ4v) is 3.13. The Balaban J connectivity index is 1.87. The van der Waals surface area contributed by atoms with Crippen LogP contribution >= 0.6 is 0 Å². The van der Waals surface area contributed by atoms with Crippen LogP contribution in [0.3, 0.4) is 0 Å². The lowest BCUT2D eigenvalue weighted by Gasteiger charge is -2.12. The Hall–Kier alpha value is -3.80. The normalized spacial score (nSPS) is 10.9. The van der Waals surface area contributed by atoms with Gasteiger partial charge in [0.05, 0.1) is 5.52 Å². The molecule has 0 spiro atoms. The first kappa shape index (κ1) is 17.6. The molecule has 0 fully saturated rings. The lowest BCUT2D eigenvalue weighted by molar-refractivity contribution is -0.137. The third-order valence-electron chi connectivity index (χ3n) is 4.41. The molecule has 0 radical (unpaired) electrons. The minimum Gasteiger partial charge on any atom is -0.480 e. The number of carboxylic acids is 1. The summed E-state index contributed by atoms with van der Waals surface area (Å²) in [4.78, 5) is 33.4. The summed E-state index contributed by atoms with van der Waals surface area (Å²) in [7, 11) is 0. The van der Waals surface area contributed by atoms with E-state index in [9.17, 15) is 14.7 Å². The number of benzene rings is 2. The quantitative estimate of drug-likeness (QED) is 0.583. The van der Waals surface area contributed by atoms with Gasteiger partial charge in [0.2, 0.25) is 0 Å². The second-order valence-electron chi connectivity index (χ2n) is 6.42. The van der Waals surface area contributed by atoms with Gasteiger partial charge in [-0.2, -0.15) is 0 Å². The maximum atomic E-state index is 13.1. The van der Waals surface area contributed by atoms with Crippen molar-refractivity contribution in [2.24, 2.45) is 0 Å². The molecule has 0 unspecified atom stereocenters. The highest BCUT2D eigenvalue weighted by atomic mass is 16.4. The van der Waals surface area contributed by atoms with Crippen molar-refractivity contribution < 1.29 is 9.90 Å². The Morgan fingerprint density at radius 3 is 2.25 bits per heavy atom. The summed E-state index contributed by atoms with van der Waals surface area (Å²) in [5, 5.41) is 9.28. The van der Waals surface area contributed by atoms with Crippen LogP contribution in [0.4, 0.5) is 0 Å². The van der Waals surface area contributed by atoms with Crippen molar-refractivity contribution in [3.63, 3.8) is 0 Å². The van der Waals surface area contributed by atoms with Gasteiger partial charge in [-0.25, -0.2) is 9.97 Å². The van der Waals surface area contributed by atoms with Gasteiger partial charge in [-0.3, -0.25) is 14.2 Å². The number of aliphatic carboxylic acids is 1. The molecule has 138 valence electrons. The van der Waals surface area contributed by atoms with E-state index in [-0.39, 0.29) is 5.52 Å². The SMILES string of the molecule is O=C(O)Cn1c(-c2ccccc2)nc2ccc(Cc3ccccc3)nc2c1=O. The standard InChI is InChI=1S/C22H17N3O3/c26-19(27)14-25-21(16-9-5-2-6-10-16)24-18-12-11-17(23-20(18)22(25)28)13-15-7-3-1-4-8-15/h1-12H,13-14H2,(H,26,27). The van der Waals surface area contributed by atoms with Crippen LogP contribution in [0.5, 0.6) is 0 Å². The van der Waals surface area contributed by atoms with Crippen LogP contribution in [-0.4, -0.2) is 25.6 Å². The van der Waals surface area contributed by atoms with Gasteiger partial charge >= 0.3 is 5.97 Å². The van der Waals surface area contributed by atoms with Crippen LogP contribution < -0.4 is 5.56 Å². The third kappa shape index (κ3) is 3.53. The lowest BCUT2D eigenvalue weighted by atomic mass is 10.1. The Morgan fingerprint density at radius 1 is 0.893 bits per heavy atom. The topological polar surface area (TPSA) is 85.1 Å². The Morgan fingerprint density at radius 2 is 1.57 bits per heavy atom. The van der Waals surface area contributed by atoms with E-state index in [4.69, 9.17) is 0 Å². The van der Waals surface area contributed by atoms with Gasteiger partial charge in [0.15, 0.2) is 5.52 Å². The molecule has 6 nitrogen and oxygen atoms in total. The number of pyridine rings is 1. The molecule has 6 heteroatoms. The predicted octanol–water partition coefficient (Wildman–Crippen LogP) is 3.13. The van der Waals surface area contributed by atoms with Gasteiger partial charge in [0.25, 0.3) is 5.56 Å². The van der Waals surface area contributed by atoms with Gasteiger partial charge in [0, 0.05) is 17.7 Å². The molecule has 0 amide bonds. The lowest BCUT2D eigenvalue weighted by Crippen LogP contribution is -2.27. The fourth-order valence-electron chi connectivity index (χ4n) is 3.13. The second-order valence-corrected chi connectivity index (χ2v) is 6.42. The van der Waals surface area contributed by atoms with E-state index >= 15 is 0 Å². The average molecular weight is 371 g/mol. The average Bonchev–Trinajstić information content (AvgIpc) is 2.71. The summed E-state index contributed by atoms with van der Waals surface area (Å²) >= 11 is 0.